The average Bonchev–Trinajstić information content (AvgIpc) is 2.64. The third-order valence-corrected chi connectivity index (χ3v) is 2.92. The number of aromatic nitrogens is 1. The number of anilines is 1. The Kier molecular flexibility index (Phi) is 3.09. The van der Waals surface area contributed by atoms with Crippen molar-refractivity contribution in [3.05, 3.63) is 23.4 Å². The lowest BCUT2D eigenvalue weighted by Crippen LogP contribution is -2.24. The van der Waals surface area contributed by atoms with Gasteiger partial charge in [-0.25, -0.2) is 4.98 Å². The topological polar surface area (TPSA) is 88.6 Å². The highest BCUT2D eigenvalue weighted by molar-refractivity contribution is 5.40. The number of nitrogens with two attached hydrogens (primary N) is 1. The Bertz CT molecular complexity index is 383. The van der Waals surface area contributed by atoms with Crippen molar-refractivity contribution in [1.82, 2.24) is 4.98 Å². The van der Waals surface area contributed by atoms with E-state index in [1.165, 1.54) is 0 Å². The second-order valence-electron chi connectivity index (χ2n) is 4.12. The average molecular weight is 224 g/mol. The quantitative estimate of drug-likeness (QED) is 0.665. The van der Waals surface area contributed by atoms with Crippen LogP contribution in [0.3, 0.4) is 0 Å². The molecule has 2 heterocycles. The van der Waals surface area contributed by atoms with Gasteiger partial charge in [-0.15, -0.1) is 0 Å². The van der Waals surface area contributed by atoms with Crippen LogP contribution < -0.4 is 5.73 Å². The first-order valence-corrected chi connectivity index (χ1v) is 5.28. The first kappa shape index (κ1) is 11.3. The number of nitrogens with zero attached hydrogens (tertiary/aromatic N) is 1. The van der Waals surface area contributed by atoms with Crippen LogP contribution in [0.15, 0.2) is 12.3 Å². The Morgan fingerprint density at radius 1 is 1.62 bits per heavy atom. The Morgan fingerprint density at radius 2 is 2.38 bits per heavy atom. The molecule has 0 aromatic carbocycles. The third kappa shape index (κ3) is 2.02. The predicted molar refractivity (Wildman–Crippen MR) is 58.7 cm³/mol. The van der Waals surface area contributed by atoms with Gasteiger partial charge in [-0.1, -0.05) is 0 Å². The molecule has 16 heavy (non-hydrogen) atoms. The van der Waals surface area contributed by atoms with Crippen molar-refractivity contribution in [3.63, 3.8) is 0 Å². The molecule has 1 saturated heterocycles. The van der Waals surface area contributed by atoms with Crippen LogP contribution in [0.2, 0.25) is 0 Å². The van der Waals surface area contributed by atoms with E-state index in [1.807, 2.05) is 13.0 Å². The Balaban J connectivity index is 2.17. The maximum atomic E-state index is 9.61. The van der Waals surface area contributed by atoms with E-state index in [0.717, 1.165) is 11.1 Å². The monoisotopic (exact) mass is 224 g/mol. The van der Waals surface area contributed by atoms with Crippen LogP contribution in [0.1, 0.15) is 23.7 Å². The van der Waals surface area contributed by atoms with E-state index in [2.05, 4.69) is 4.98 Å². The Labute approximate surface area is 93.9 Å². The van der Waals surface area contributed by atoms with E-state index in [4.69, 9.17) is 15.6 Å². The van der Waals surface area contributed by atoms with Crippen molar-refractivity contribution in [3.8, 4) is 0 Å². The number of hydrogen-bond donors (Lipinski definition) is 3. The normalized spacial score (nSPS) is 29.6. The highest BCUT2D eigenvalue weighted by atomic mass is 16.5. The summed E-state index contributed by atoms with van der Waals surface area (Å²) in [6.45, 7) is 1.71. The van der Waals surface area contributed by atoms with Crippen molar-refractivity contribution in [1.29, 1.82) is 0 Å². The van der Waals surface area contributed by atoms with Crippen LogP contribution in [-0.4, -0.2) is 34.0 Å². The molecular formula is C11H16N2O3. The van der Waals surface area contributed by atoms with Crippen molar-refractivity contribution in [2.24, 2.45) is 0 Å². The molecule has 1 fully saturated rings. The van der Waals surface area contributed by atoms with Crippen molar-refractivity contribution in [2.75, 3.05) is 12.3 Å². The number of hydrogen-bond acceptors (Lipinski definition) is 5. The summed E-state index contributed by atoms with van der Waals surface area (Å²) in [7, 11) is 0. The first-order valence-electron chi connectivity index (χ1n) is 5.28. The van der Waals surface area contributed by atoms with Crippen LogP contribution in [-0.2, 0) is 4.74 Å². The summed E-state index contributed by atoms with van der Waals surface area (Å²) in [4.78, 5) is 4.05. The SMILES string of the molecule is Cc1cc([C@H]2C[C@H](O)[C@@H](CO)O2)cnc1N. The molecule has 5 heteroatoms. The molecular weight excluding hydrogens is 208 g/mol. The molecule has 5 nitrogen and oxygen atoms in total. The van der Waals surface area contributed by atoms with E-state index in [1.54, 1.807) is 6.20 Å². The van der Waals surface area contributed by atoms with Gasteiger partial charge in [0.15, 0.2) is 0 Å². The maximum absolute atomic E-state index is 9.61. The molecule has 1 aromatic rings. The summed E-state index contributed by atoms with van der Waals surface area (Å²) in [5, 5.41) is 18.6. The Morgan fingerprint density at radius 3 is 2.94 bits per heavy atom. The molecule has 88 valence electrons. The molecule has 2 rings (SSSR count). The summed E-state index contributed by atoms with van der Waals surface area (Å²) in [5.41, 5.74) is 7.41. The van der Waals surface area contributed by atoms with Crippen molar-refractivity contribution < 1.29 is 14.9 Å². The molecule has 0 unspecified atom stereocenters. The maximum Gasteiger partial charge on any atom is 0.126 e. The van der Waals surface area contributed by atoms with Crippen LogP contribution in [0.25, 0.3) is 0 Å². The smallest absolute Gasteiger partial charge is 0.126 e. The molecule has 0 bridgehead atoms. The van der Waals surface area contributed by atoms with E-state index < -0.39 is 12.2 Å². The molecule has 0 amide bonds. The lowest BCUT2D eigenvalue weighted by atomic mass is 10.0. The zero-order valence-electron chi connectivity index (χ0n) is 9.13. The summed E-state index contributed by atoms with van der Waals surface area (Å²) < 4.78 is 5.52. The summed E-state index contributed by atoms with van der Waals surface area (Å²) in [6.07, 6.45) is 0.810. The largest absolute Gasteiger partial charge is 0.394 e. The molecule has 4 N–H and O–H groups in total. The molecule has 1 aromatic heterocycles. The van der Waals surface area contributed by atoms with Crippen LogP contribution in [0, 0.1) is 6.92 Å². The van der Waals surface area contributed by atoms with Crippen LogP contribution >= 0.6 is 0 Å². The fourth-order valence-corrected chi connectivity index (χ4v) is 1.89. The number of ether oxygens (including phenoxy) is 1. The molecule has 1 aliphatic rings. The van der Waals surface area contributed by atoms with Gasteiger partial charge in [-0.3, -0.25) is 0 Å². The second-order valence-corrected chi connectivity index (χ2v) is 4.12. The zero-order valence-corrected chi connectivity index (χ0v) is 9.13. The van der Waals surface area contributed by atoms with E-state index >= 15 is 0 Å². The van der Waals surface area contributed by atoms with Gasteiger partial charge in [-0.05, 0) is 24.1 Å². The van der Waals surface area contributed by atoms with Crippen LogP contribution in [0.4, 0.5) is 5.82 Å². The van der Waals surface area contributed by atoms with Gasteiger partial charge in [0.25, 0.3) is 0 Å². The first-order chi connectivity index (χ1) is 7.61. The standard InChI is InChI=1S/C11H16N2O3/c1-6-2-7(4-13-11(6)12)9-3-8(15)10(5-14)16-9/h2,4,8-10,14-15H,3,5H2,1H3,(H2,12,13)/t8-,9+,10+/m0/s1. The molecule has 3 atom stereocenters. The number of aliphatic hydroxyl groups is 2. The number of aliphatic hydroxyl groups excluding tert-OH is 2. The fourth-order valence-electron chi connectivity index (χ4n) is 1.89. The lowest BCUT2D eigenvalue weighted by molar-refractivity contribution is -0.0226. The summed E-state index contributed by atoms with van der Waals surface area (Å²) in [5.74, 6) is 0.501. The molecule has 1 aliphatic heterocycles. The summed E-state index contributed by atoms with van der Waals surface area (Å²) in [6, 6.07) is 1.90. The third-order valence-electron chi connectivity index (χ3n) is 2.92. The molecule has 0 aliphatic carbocycles. The highest BCUT2D eigenvalue weighted by Gasteiger charge is 2.34. The van der Waals surface area contributed by atoms with Crippen molar-refractivity contribution in [2.45, 2.75) is 31.7 Å². The number of nitrogen functional groups attached to an aromatic ring is 1. The van der Waals surface area contributed by atoms with E-state index in [0.29, 0.717) is 12.2 Å². The second kappa shape index (κ2) is 4.37. The van der Waals surface area contributed by atoms with Gasteiger partial charge in [0.1, 0.15) is 11.9 Å². The van der Waals surface area contributed by atoms with E-state index in [9.17, 15) is 5.11 Å². The number of rotatable bonds is 2. The predicted octanol–water partition coefficient (Wildman–Crippen LogP) is 0.155. The van der Waals surface area contributed by atoms with Crippen LogP contribution in [0.5, 0.6) is 0 Å². The Hall–Kier alpha value is -1.17. The molecule has 0 radical (unpaired) electrons. The number of pyridine rings is 1. The fraction of sp³-hybridized carbons (Fsp3) is 0.545. The minimum absolute atomic E-state index is 0.168. The number of aryl methyl sites for hydroxylation is 1. The molecule has 0 saturated carbocycles. The zero-order chi connectivity index (χ0) is 11.7. The van der Waals surface area contributed by atoms with Gasteiger partial charge in [0.05, 0.1) is 18.8 Å². The highest BCUT2D eigenvalue weighted by Crippen LogP contribution is 2.33. The van der Waals surface area contributed by atoms with Gasteiger partial charge in [0.2, 0.25) is 0 Å². The molecule has 0 spiro atoms. The van der Waals surface area contributed by atoms with E-state index in [-0.39, 0.29) is 12.7 Å². The van der Waals surface area contributed by atoms with Gasteiger partial charge in [0, 0.05) is 12.6 Å². The minimum atomic E-state index is -0.618. The minimum Gasteiger partial charge on any atom is -0.394 e. The van der Waals surface area contributed by atoms with Gasteiger partial charge >= 0.3 is 0 Å². The van der Waals surface area contributed by atoms with Gasteiger partial charge in [-0.2, -0.15) is 0 Å². The lowest BCUT2D eigenvalue weighted by Gasteiger charge is -2.12. The van der Waals surface area contributed by atoms with Gasteiger partial charge < -0.3 is 20.7 Å². The summed E-state index contributed by atoms with van der Waals surface area (Å²) >= 11 is 0. The van der Waals surface area contributed by atoms with Crippen molar-refractivity contribution >= 4 is 5.82 Å².